The van der Waals surface area contributed by atoms with Crippen molar-refractivity contribution >= 4 is 11.5 Å². The van der Waals surface area contributed by atoms with Crippen LogP contribution in [0, 0.1) is 5.82 Å². The normalized spacial score (nSPS) is 15.1. The van der Waals surface area contributed by atoms with Gasteiger partial charge in [0.1, 0.15) is 5.82 Å². The van der Waals surface area contributed by atoms with Crippen molar-refractivity contribution in [3.05, 3.63) is 41.9 Å². The Morgan fingerprint density at radius 1 is 1.25 bits per heavy atom. The van der Waals surface area contributed by atoms with Crippen LogP contribution in [0.2, 0.25) is 0 Å². The van der Waals surface area contributed by atoms with Gasteiger partial charge in [-0.15, -0.1) is 0 Å². The lowest BCUT2D eigenvalue weighted by Gasteiger charge is -2.24. The number of nitrogens with zero attached hydrogens (tertiary/aromatic N) is 1. The highest BCUT2D eigenvalue weighted by atomic mass is 19.1. The molecular formula is C13H14FNO. The zero-order chi connectivity index (χ0) is 11.5. The molecule has 0 aromatic heterocycles. The van der Waals surface area contributed by atoms with Crippen molar-refractivity contribution in [1.82, 2.24) is 0 Å². The van der Waals surface area contributed by atoms with Gasteiger partial charge in [0.15, 0.2) is 5.78 Å². The van der Waals surface area contributed by atoms with Crippen molar-refractivity contribution in [2.75, 3.05) is 11.4 Å². The molecule has 0 saturated heterocycles. The summed E-state index contributed by atoms with van der Waals surface area (Å²) in [5.41, 5.74) is 1.96. The summed E-state index contributed by atoms with van der Waals surface area (Å²) in [6, 6.07) is 6.36. The van der Waals surface area contributed by atoms with E-state index < -0.39 is 0 Å². The third-order valence-corrected chi connectivity index (χ3v) is 2.76. The number of anilines is 1. The average molecular weight is 219 g/mol. The number of hydrogen-bond donors (Lipinski definition) is 0. The van der Waals surface area contributed by atoms with Crippen LogP contribution in [-0.4, -0.2) is 12.3 Å². The van der Waals surface area contributed by atoms with E-state index in [9.17, 15) is 9.18 Å². The molecule has 0 amide bonds. The number of carbonyl (C=O) groups is 1. The summed E-state index contributed by atoms with van der Waals surface area (Å²) in [5, 5.41) is 0. The molecule has 0 radical (unpaired) electrons. The Hall–Kier alpha value is -1.64. The Morgan fingerprint density at radius 2 is 1.94 bits per heavy atom. The predicted molar refractivity (Wildman–Crippen MR) is 61.7 cm³/mol. The molecule has 0 bridgehead atoms. The van der Waals surface area contributed by atoms with Gasteiger partial charge in [-0.25, -0.2) is 4.39 Å². The predicted octanol–water partition coefficient (Wildman–Crippen LogP) is 2.90. The standard InChI is InChI=1S/C13H14FNO/c1-2-15(12-7-8-13(16)9-12)11-5-3-10(14)4-6-11/h3-6,9H,2,7-8H2,1H3. The van der Waals surface area contributed by atoms with Gasteiger partial charge < -0.3 is 4.90 Å². The first-order valence-electron chi connectivity index (χ1n) is 5.47. The van der Waals surface area contributed by atoms with Crippen LogP contribution in [0.25, 0.3) is 0 Å². The molecule has 0 saturated carbocycles. The van der Waals surface area contributed by atoms with E-state index in [-0.39, 0.29) is 11.6 Å². The monoisotopic (exact) mass is 219 g/mol. The molecule has 1 aliphatic carbocycles. The zero-order valence-electron chi connectivity index (χ0n) is 9.24. The number of carbonyl (C=O) groups excluding carboxylic acids is 1. The third-order valence-electron chi connectivity index (χ3n) is 2.76. The smallest absolute Gasteiger partial charge is 0.157 e. The van der Waals surface area contributed by atoms with Crippen molar-refractivity contribution in [2.24, 2.45) is 0 Å². The van der Waals surface area contributed by atoms with Crippen molar-refractivity contribution in [1.29, 1.82) is 0 Å². The molecule has 2 nitrogen and oxygen atoms in total. The van der Waals surface area contributed by atoms with E-state index in [1.807, 2.05) is 11.8 Å². The maximum absolute atomic E-state index is 12.8. The van der Waals surface area contributed by atoms with E-state index in [1.54, 1.807) is 18.2 Å². The Labute approximate surface area is 94.4 Å². The van der Waals surface area contributed by atoms with Crippen molar-refractivity contribution in [3.8, 4) is 0 Å². The molecule has 0 spiro atoms. The fourth-order valence-corrected chi connectivity index (χ4v) is 1.97. The van der Waals surface area contributed by atoms with Crippen molar-refractivity contribution < 1.29 is 9.18 Å². The molecule has 0 fully saturated rings. The summed E-state index contributed by atoms with van der Waals surface area (Å²) >= 11 is 0. The van der Waals surface area contributed by atoms with Gasteiger partial charge in [-0.2, -0.15) is 0 Å². The fourth-order valence-electron chi connectivity index (χ4n) is 1.97. The molecule has 0 heterocycles. The van der Waals surface area contributed by atoms with E-state index in [4.69, 9.17) is 0 Å². The lowest BCUT2D eigenvalue weighted by Crippen LogP contribution is -2.20. The molecule has 0 unspecified atom stereocenters. The number of allylic oxidation sites excluding steroid dienone is 2. The van der Waals surface area contributed by atoms with Crippen LogP contribution >= 0.6 is 0 Å². The van der Waals surface area contributed by atoms with E-state index >= 15 is 0 Å². The second-order valence-corrected chi connectivity index (χ2v) is 3.82. The van der Waals surface area contributed by atoms with Gasteiger partial charge in [0, 0.05) is 30.4 Å². The molecule has 2 rings (SSSR count). The summed E-state index contributed by atoms with van der Waals surface area (Å²) < 4.78 is 12.8. The topological polar surface area (TPSA) is 20.3 Å². The molecule has 1 aliphatic rings. The van der Waals surface area contributed by atoms with Gasteiger partial charge in [0.05, 0.1) is 0 Å². The fraction of sp³-hybridized carbons (Fsp3) is 0.308. The highest BCUT2D eigenvalue weighted by molar-refractivity contribution is 5.93. The zero-order valence-corrected chi connectivity index (χ0v) is 9.24. The number of halogens is 1. The van der Waals surface area contributed by atoms with Gasteiger partial charge >= 0.3 is 0 Å². The second-order valence-electron chi connectivity index (χ2n) is 3.82. The molecule has 16 heavy (non-hydrogen) atoms. The van der Waals surface area contributed by atoms with Crippen LogP contribution in [0.5, 0.6) is 0 Å². The Bertz CT molecular complexity index is 422. The van der Waals surface area contributed by atoms with Gasteiger partial charge in [-0.3, -0.25) is 4.79 Å². The summed E-state index contributed by atoms with van der Waals surface area (Å²) in [7, 11) is 0. The summed E-state index contributed by atoms with van der Waals surface area (Å²) in [6.45, 7) is 2.80. The number of benzene rings is 1. The van der Waals surface area contributed by atoms with Crippen LogP contribution in [0.1, 0.15) is 19.8 Å². The minimum absolute atomic E-state index is 0.176. The maximum Gasteiger partial charge on any atom is 0.157 e. The van der Waals surface area contributed by atoms with Crippen molar-refractivity contribution in [3.63, 3.8) is 0 Å². The Balaban J connectivity index is 2.26. The lowest BCUT2D eigenvalue weighted by molar-refractivity contribution is -0.114. The van der Waals surface area contributed by atoms with Gasteiger partial charge in [-0.05, 0) is 37.6 Å². The van der Waals surface area contributed by atoms with E-state index in [1.165, 1.54) is 12.1 Å². The number of ketones is 1. The quantitative estimate of drug-likeness (QED) is 0.779. The Kier molecular flexibility index (Phi) is 3.04. The van der Waals surface area contributed by atoms with E-state index in [0.29, 0.717) is 6.42 Å². The summed E-state index contributed by atoms with van der Waals surface area (Å²) in [4.78, 5) is 13.2. The first-order valence-corrected chi connectivity index (χ1v) is 5.47. The van der Waals surface area contributed by atoms with Crippen LogP contribution in [-0.2, 0) is 4.79 Å². The molecule has 0 aliphatic heterocycles. The molecule has 1 aromatic rings. The van der Waals surface area contributed by atoms with Crippen LogP contribution in [0.15, 0.2) is 36.0 Å². The Morgan fingerprint density at radius 3 is 2.44 bits per heavy atom. The third kappa shape index (κ3) is 2.13. The highest BCUT2D eigenvalue weighted by Gasteiger charge is 2.17. The van der Waals surface area contributed by atoms with Gasteiger partial charge in [0.25, 0.3) is 0 Å². The minimum Gasteiger partial charge on any atom is -0.345 e. The van der Waals surface area contributed by atoms with Crippen LogP contribution in [0.4, 0.5) is 10.1 Å². The first kappa shape index (κ1) is 10.9. The van der Waals surface area contributed by atoms with Crippen LogP contribution in [0.3, 0.4) is 0 Å². The minimum atomic E-state index is -0.240. The molecule has 3 heteroatoms. The maximum atomic E-state index is 12.8. The summed E-state index contributed by atoms with van der Waals surface area (Å²) in [6.07, 6.45) is 3.06. The van der Waals surface area contributed by atoms with Crippen molar-refractivity contribution in [2.45, 2.75) is 19.8 Å². The summed E-state index contributed by atoms with van der Waals surface area (Å²) in [5.74, 6) is -0.0631. The first-order chi connectivity index (χ1) is 7.70. The molecule has 1 aromatic carbocycles. The molecule has 84 valence electrons. The SMILES string of the molecule is CCN(C1=CC(=O)CC1)c1ccc(F)cc1. The highest BCUT2D eigenvalue weighted by Crippen LogP contribution is 2.25. The number of rotatable bonds is 3. The lowest BCUT2D eigenvalue weighted by atomic mass is 10.2. The number of hydrogen-bond acceptors (Lipinski definition) is 2. The van der Waals surface area contributed by atoms with E-state index in [0.717, 1.165) is 24.4 Å². The molecular weight excluding hydrogens is 205 g/mol. The molecule has 0 atom stereocenters. The van der Waals surface area contributed by atoms with Gasteiger partial charge in [0.2, 0.25) is 0 Å². The van der Waals surface area contributed by atoms with Crippen LogP contribution < -0.4 is 4.90 Å². The largest absolute Gasteiger partial charge is 0.345 e. The van der Waals surface area contributed by atoms with Gasteiger partial charge in [-0.1, -0.05) is 0 Å². The second kappa shape index (κ2) is 4.47. The average Bonchev–Trinajstić information content (AvgIpc) is 2.69. The molecule has 0 N–H and O–H groups in total. The van der Waals surface area contributed by atoms with E-state index in [2.05, 4.69) is 0 Å².